The lowest BCUT2D eigenvalue weighted by Crippen LogP contribution is -1.96. The van der Waals surface area contributed by atoms with E-state index in [0.29, 0.717) is 23.3 Å². The summed E-state index contributed by atoms with van der Waals surface area (Å²) in [4.78, 5) is 0. The van der Waals surface area contributed by atoms with Gasteiger partial charge in [0.1, 0.15) is 0 Å². The van der Waals surface area contributed by atoms with Crippen molar-refractivity contribution in [2.75, 3.05) is 0 Å². The molecule has 0 N–H and O–H groups in total. The van der Waals surface area contributed by atoms with Crippen LogP contribution in [0.15, 0.2) is 36.4 Å². The van der Waals surface area contributed by atoms with Crippen LogP contribution < -0.4 is 0 Å². The van der Waals surface area contributed by atoms with Gasteiger partial charge in [-0.25, -0.2) is 0 Å². The molecule has 1 nitrogen and oxygen atoms in total. The highest BCUT2D eigenvalue weighted by Crippen LogP contribution is 2.36. The molecule has 2 aromatic rings. The van der Waals surface area contributed by atoms with E-state index in [9.17, 15) is 0 Å². The lowest BCUT2D eigenvalue weighted by atomic mass is 10.00. The quantitative estimate of drug-likeness (QED) is 0.679. The summed E-state index contributed by atoms with van der Waals surface area (Å²) in [6.07, 6.45) is 0. The van der Waals surface area contributed by atoms with Gasteiger partial charge in [-0.1, -0.05) is 47.5 Å². The first-order valence-electron chi connectivity index (χ1n) is 5.93. The van der Waals surface area contributed by atoms with Gasteiger partial charge < -0.3 is 4.74 Å². The Kier molecular flexibility index (Phi) is 3.72. The van der Waals surface area contributed by atoms with Crippen LogP contribution in [0.2, 0.25) is 10.0 Å². The van der Waals surface area contributed by atoms with Gasteiger partial charge in [0, 0.05) is 10.0 Å². The molecule has 1 aliphatic rings. The van der Waals surface area contributed by atoms with Crippen molar-refractivity contribution in [3.8, 4) is 0 Å². The number of rotatable bonds is 2. The molecule has 0 amide bonds. The van der Waals surface area contributed by atoms with Crippen molar-refractivity contribution in [1.82, 2.24) is 0 Å². The molecule has 0 bridgehead atoms. The molecule has 1 unspecified atom stereocenters. The fourth-order valence-corrected chi connectivity index (χ4v) is 3.14. The minimum absolute atomic E-state index is 0.282. The molecule has 0 saturated heterocycles. The minimum Gasteiger partial charge on any atom is -0.372 e. The monoisotopic (exact) mass is 312 g/mol. The van der Waals surface area contributed by atoms with Gasteiger partial charge in [0.15, 0.2) is 0 Å². The van der Waals surface area contributed by atoms with E-state index in [-0.39, 0.29) is 5.38 Å². The van der Waals surface area contributed by atoms with Gasteiger partial charge in [-0.05, 0) is 34.4 Å². The number of hydrogen-bond acceptors (Lipinski definition) is 1. The number of halogens is 3. The summed E-state index contributed by atoms with van der Waals surface area (Å²) < 4.78 is 5.41. The minimum atomic E-state index is -0.282. The second-order valence-electron chi connectivity index (χ2n) is 4.55. The zero-order valence-corrected chi connectivity index (χ0v) is 12.3. The summed E-state index contributed by atoms with van der Waals surface area (Å²) in [5.41, 5.74) is 4.32. The molecular weight excluding hydrogens is 303 g/mol. The number of fused-ring (bicyclic) bond motifs is 1. The Bertz CT molecular complexity index is 625. The van der Waals surface area contributed by atoms with E-state index in [1.165, 1.54) is 11.1 Å². The zero-order valence-electron chi connectivity index (χ0n) is 10.00. The van der Waals surface area contributed by atoms with Crippen LogP contribution in [0.4, 0.5) is 0 Å². The van der Waals surface area contributed by atoms with E-state index in [0.717, 1.165) is 11.1 Å². The Morgan fingerprint density at radius 3 is 2.53 bits per heavy atom. The van der Waals surface area contributed by atoms with Crippen LogP contribution >= 0.6 is 34.8 Å². The SMILES string of the molecule is Clc1ccc(C(Cl)c2ccc3c(c2)COC3)c(Cl)c1. The van der Waals surface area contributed by atoms with E-state index in [2.05, 4.69) is 12.1 Å². The Balaban J connectivity index is 1.97. The van der Waals surface area contributed by atoms with Crippen LogP contribution in [-0.2, 0) is 18.0 Å². The van der Waals surface area contributed by atoms with Crippen molar-refractivity contribution < 1.29 is 4.74 Å². The van der Waals surface area contributed by atoms with Gasteiger partial charge in [-0.2, -0.15) is 0 Å². The van der Waals surface area contributed by atoms with E-state index >= 15 is 0 Å². The summed E-state index contributed by atoms with van der Waals surface area (Å²) in [6, 6.07) is 11.6. The molecule has 0 aromatic heterocycles. The van der Waals surface area contributed by atoms with E-state index in [4.69, 9.17) is 39.5 Å². The normalized spacial score (nSPS) is 15.3. The largest absolute Gasteiger partial charge is 0.372 e. The third kappa shape index (κ3) is 2.61. The predicted molar refractivity (Wildman–Crippen MR) is 79.1 cm³/mol. The lowest BCUT2D eigenvalue weighted by molar-refractivity contribution is 0.134. The topological polar surface area (TPSA) is 9.23 Å². The number of benzene rings is 2. The van der Waals surface area contributed by atoms with Crippen LogP contribution in [0.1, 0.15) is 27.6 Å². The van der Waals surface area contributed by atoms with Gasteiger partial charge >= 0.3 is 0 Å². The summed E-state index contributed by atoms with van der Waals surface area (Å²) >= 11 is 18.6. The maximum absolute atomic E-state index is 6.52. The van der Waals surface area contributed by atoms with Crippen molar-refractivity contribution >= 4 is 34.8 Å². The van der Waals surface area contributed by atoms with Crippen LogP contribution in [0.3, 0.4) is 0 Å². The van der Waals surface area contributed by atoms with Crippen LogP contribution in [0.25, 0.3) is 0 Å². The van der Waals surface area contributed by atoms with Crippen molar-refractivity contribution in [2.45, 2.75) is 18.6 Å². The highest BCUT2D eigenvalue weighted by molar-refractivity contribution is 6.36. The fraction of sp³-hybridized carbons (Fsp3) is 0.200. The van der Waals surface area contributed by atoms with Gasteiger partial charge in [0.2, 0.25) is 0 Å². The van der Waals surface area contributed by atoms with Gasteiger partial charge in [-0.15, -0.1) is 11.6 Å². The Labute approximate surface area is 127 Å². The third-order valence-electron chi connectivity index (χ3n) is 3.27. The molecule has 3 rings (SSSR count). The first-order valence-corrected chi connectivity index (χ1v) is 7.13. The molecule has 0 saturated carbocycles. The highest BCUT2D eigenvalue weighted by Gasteiger charge is 2.18. The molecule has 0 aliphatic carbocycles. The van der Waals surface area contributed by atoms with Crippen molar-refractivity contribution in [2.24, 2.45) is 0 Å². The smallest absolute Gasteiger partial charge is 0.0849 e. The van der Waals surface area contributed by atoms with Gasteiger partial charge in [-0.3, -0.25) is 0 Å². The standard InChI is InChI=1S/C15H11Cl3O/c16-12-3-4-13(14(17)6-12)15(18)9-1-2-10-7-19-8-11(10)5-9/h1-6,15H,7-8H2. The molecule has 98 valence electrons. The summed E-state index contributed by atoms with van der Waals surface area (Å²) in [5, 5.41) is 0.917. The number of hydrogen-bond donors (Lipinski definition) is 0. The third-order valence-corrected chi connectivity index (χ3v) is 4.32. The molecule has 0 fully saturated rings. The highest BCUT2D eigenvalue weighted by atomic mass is 35.5. The zero-order chi connectivity index (χ0) is 13.4. The number of ether oxygens (including phenoxy) is 1. The maximum atomic E-state index is 6.52. The van der Waals surface area contributed by atoms with E-state index in [1.54, 1.807) is 12.1 Å². The first kappa shape index (κ1) is 13.3. The predicted octanol–water partition coefficient (Wildman–Crippen LogP) is 5.35. The Morgan fingerprint density at radius 2 is 1.74 bits per heavy atom. The molecule has 4 heteroatoms. The first-order chi connectivity index (χ1) is 9.15. The molecule has 1 heterocycles. The van der Waals surface area contributed by atoms with E-state index < -0.39 is 0 Å². The lowest BCUT2D eigenvalue weighted by Gasteiger charge is -2.13. The molecule has 19 heavy (non-hydrogen) atoms. The molecular formula is C15H11Cl3O. The molecule has 1 atom stereocenters. The average molecular weight is 314 g/mol. The van der Waals surface area contributed by atoms with Gasteiger partial charge in [0.25, 0.3) is 0 Å². The number of alkyl halides is 1. The molecule has 2 aromatic carbocycles. The summed E-state index contributed by atoms with van der Waals surface area (Å²) in [7, 11) is 0. The Hall–Kier alpha value is -0.730. The van der Waals surface area contributed by atoms with Gasteiger partial charge in [0.05, 0.1) is 18.6 Å². The fourth-order valence-electron chi connectivity index (χ4n) is 2.24. The van der Waals surface area contributed by atoms with Crippen molar-refractivity contribution in [1.29, 1.82) is 0 Å². The summed E-state index contributed by atoms with van der Waals surface area (Å²) in [6.45, 7) is 1.34. The van der Waals surface area contributed by atoms with Crippen molar-refractivity contribution in [3.05, 3.63) is 68.7 Å². The second kappa shape index (κ2) is 5.34. The summed E-state index contributed by atoms with van der Waals surface area (Å²) in [5.74, 6) is 0. The van der Waals surface area contributed by atoms with Crippen LogP contribution in [0, 0.1) is 0 Å². The maximum Gasteiger partial charge on any atom is 0.0849 e. The molecule has 0 radical (unpaired) electrons. The Morgan fingerprint density at radius 1 is 0.947 bits per heavy atom. The van der Waals surface area contributed by atoms with Crippen molar-refractivity contribution in [3.63, 3.8) is 0 Å². The average Bonchev–Trinajstić information content (AvgIpc) is 2.85. The molecule has 0 spiro atoms. The van der Waals surface area contributed by atoms with Crippen LogP contribution in [-0.4, -0.2) is 0 Å². The second-order valence-corrected chi connectivity index (χ2v) is 5.83. The van der Waals surface area contributed by atoms with Crippen LogP contribution in [0.5, 0.6) is 0 Å². The molecule has 1 aliphatic heterocycles. The van der Waals surface area contributed by atoms with E-state index in [1.807, 2.05) is 12.1 Å².